The molecule has 23 heavy (non-hydrogen) atoms. The van der Waals surface area contributed by atoms with E-state index in [-0.39, 0.29) is 5.91 Å². The van der Waals surface area contributed by atoms with E-state index >= 15 is 0 Å². The Kier molecular flexibility index (Phi) is 4.88. The number of hydrogen-bond acceptors (Lipinski definition) is 4. The molecule has 1 aliphatic heterocycles. The van der Waals surface area contributed by atoms with Gasteiger partial charge in [0.15, 0.2) is 5.69 Å². The Morgan fingerprint density at radius 2 is 1.96 bits per heavy atom. The topological polar surface area (TPSA) is 49.6 Å². The van der Waals surface area contributed by atoms with Crippen molar-refractivity contribution in [1.82, 2.24) is 15.0 Å². The third-order valence-electron chi connectivity index (χ3n) is 3.98. The summed E-state index contributed by atoms with van der Waals surface area (Å²) in [6.07, 6.45) is 4.31. The lowest BCUT2D eigenvalue weighted by Crippen LogP contribution is -2.48. The summed E-state index contributed by atoms with van der Waals surface area (Å²) in [5.74, 6) is 0.624. The van der Waals surface area contributed by atoms with Crippen molar-refractivity contribution in [1.29, 1.82) is 0 Å². The highest BCUT2D eigenvalue weighted by atomic mass is 16.5. The number of hydrogen-bond donors (Lipinski definition) is 0. The minimum absolute atomic E-state index is 0.0404. The summed E-state index contributed by atoms with van der Waals surface area (Å²) >= 11 is 0. The highest BCUT2D eigenvalue weighted by Crippen LogP contribution is 2.09. The molecule has 0 aliphatic carbocycles. The van der Waals surface area contributed by atoms with E-state index in [1.165, 1.54) is 5.56 Å². The van der Waals surface area contributed by atoms with Crippen LogP contribution in [0.1, 0.15) is 21.8 Å². The summed E-state index contributed by atoms with van der Waals surface area (Å²) in [4.78, 5) is 16.5. The summed E-state index contributed by atoms with van der Waals surface area (Å²) < 4.78 is 4.98. The van der Waals surface area contributed by atoms with Crippen molar-refractivity contribution >= 4 is 12.0 Å². The second kappa shape index (κ2) is 7.24. The molecule has 0 unspecified atom stereocenters. The van der Waals surface area contributed by atoms with E-state index in [1.54, 1.807) is 13.0 Å². The first kappa shape index (κ1) is 15.5. The van der Waals surface area contributed by atoms with Gasteiger partial charge in [-0.2, -0.15) is 0 Å². The number of piperazine rings is 1. The van der Waals surface area contributed by atoms with Crippen molar-refractivity contribution in [2.24, 2.45) is 0 Å². The second-order valence-electron chi connectivity index (χ2n) is 5.73. The van der Waals surface area contributed by atoms with Crippen molar-refractivity contribution in [2.75, 3.05) is 32.7 Å². The minimum atomic E-state index is -0.0404. The summed E-state index contributed by atoms with van der Waals surface area (Å²) in [7, 11) is 0. The van der Waals surface area contributed by atoms with Gasteiger partial charge in [-0.1, -0.05) is 47.6 Å². The summed E-state index contributed by atoms with van der Waals surface area (Å²) in [5, 5.41) is 3.80. The quantitative estimate of drug-likeness (QED) is 0.870. The molecule has 0 atom stereocenters. The zero-order chi connectivity index (χ0) is 16.1. The van der Waals surface area contributed by atoms with Crippen LogP contribution in [0, 0.1) is 6.92 Å². The Bertz CT molecular complexity index is 671. The van der Waals surface area contributed by atoms with Crippen LogP contribution >= 0.6 is 0 Å². The molecule has 0 spiro atoms. The Morgan fingerprint density at radius 3 is 2.61 bits per heavy atom. The average molecular weight is 311 g/mol. The molecule has 120 valence electrons. The molecule has 0 N–H and O–H groups in total. The molecular formula is C18H21N3O2. The zero-order valence-corrected chi connectivity index (χ0v) is 13.3. The maximum atomic E-state index is 12.3. The molecule has 1 saturated heterocycles. The van der Waals surface area contributed by atoms with Crippen LogP contribution in [0.3, 0.4) is 0 Å². The summed E-state index contributed by atoms with van der Waals surface area (Å²) in [6.45, 7) is 5.90. The molecule has 1 aliphatic rings. The monoisotopic (exact) mass is 311 g/mol. The van der Waals surface area contributed by atoms with Gasteiger partial charge in [0.1, 0.15) is 5.76 Å². The number of nitrogens with zero attached hydrogens (tertiary/aromatic N) is 3. The predicted octanol–water partition coefficient (Wildman–Crippen LogP) is 2.45. The Hall–Kier alpha value is -2.40. The first-order chi connectivity index (χ1) is 11.2. The number of carbonyl (C=O) groups is 1. The highest BCUT2D eigenvalue weighted by Gasteiger charge is 2.23. The van der Waals surface area contributed by atoms with Crippen LogP contribution in [0.5, 0.6) is 0 Å². The number of benzene rings is 1. The molecular weight excluding hydrogens is 290 g/mol. The molecule has 0 saturated carbocycles. The molecule has 0 bridgehead atoms. The molecule has 5 heteroatoms. The lowest BCUT2D eigenvalue weighted by molar-refractivity contribution is 0.0640. The Labute approximate surface area is 136 Å². The minimum Gasteiger partial charge on any atom is -0.361 e. The van der Waals surface area contributed by atoms with Crippen LogP contribution in [0.15, 0.2) is 47.0 Å². The molecule has 2 aromatic rings. The van der Waals surface area contributed by atoms with Gasteiger partial charge in [-0.25, -0.2) is 0 Å². The fourth-order valence-corrected chi connectivity index (χ4v) is 2.66. The fourth-order valence-electron chi connectivity index (χ4n) is 2.66. The lowest BCUT2D eigenvalue weighted by atomic mass is 10.2. The fraction of sp³-hybridized carbons (Fsp3) is 0.333. The van der Waals surface area contributed by atoms with Crippen LogP contribution in [-0.2, 0) is 0 Å². The number of aromatic nitrogens is 1. The highest BCUT2D eigenvalue weighted by molar-refractivity contribution is 5.92. The van der Waals surface area contributed by atoms with Crippen molar-refractivity contribution in [3.63, 3.8) is 0 Å². The molecule has 1 aromatic heterocycles. The first-order valence-electron chi connectivity index (χ1n) is 7.89. The molecule has 5 nitrogen and oxygen atoms in total. The second-order valence-corrected chi connectivity index (χ2v) is 5.73. The van der Waals surface area contributed by atoms with Crippen LogP contribution in [0.4, 0.5) is 0 Å². The van der Waals surface area contributed by atoms with E-state index in [4.69, 9.17) is 4.52 Å². The SMILES string of the molecule is Cc1cc(C(=O)N2CCN(CC=Cc3ccccc3)CC2)no1. The number of aryl methyl sites for hydroxylation is 1. The molecule has 0 radical (unpaired) electrons. The molecule has 1 aromatic carbocycles. The third-order valence-corrected chi connectivity index (χ3v) is 3.98. The van der Waals surface area contributed by atoms with E-state index < -0.39 is 0 Å². The maximum Gasteiger partial charge on any atom is 0.276 e. The van der Waals surface area contributed by atoms with Crippen molar-refractivity contribution in [2.45, 2.75) is 6.92 Å². The average Bonchev–Trinajstić information content (AvgIpc) is 3.02. The molecule has 1 amide bonds. The van der Waals surface area contributed by atoms with Gasteiger partial charge < -0.3 is 9.42 Å². The smallest absolute Gasteiger partial charge is 0.276 e. The van der Waals surface area contributed by atoms with Gasteiger partial charge in [0.2, 0.25) is 0 Å². The summed E-state index contributed by atoms with van der Waals surface area (Å²) in [6, 6.07) is 12.0. The van der Waals surface area contributed by atoms with E-state index in [1.807, 2.05) is 23.1 Å². The van der Waals surface area contributed by atoms with Crippen molar-refractivity contribution in [3.8, 4) is 0 Å². The molecule has 3 rings (SSSR count). The summed E-state index contributed by atoms with van der Waals surface area (Å²) in [5.41, 5.74) is 1.61. The molecule has 2 heterocycles. The predicted molar refractivity (Wildman–Crippen MR) is 89.1 cm³/mol. The van der Waals surface area contributed by atoms with Gasteiger partial charge in [0, 0.05) is 38.8 Å². The van der Waals surface area contributed by atoms with Crippen LogP contribution in [0.25, 0.3) is 6.08 Å². The van der Waals surface area contributed by atoms with Gasteiger partial charge in [-0.15, -0.1) is 0 Å². The third kappa shape index (κ3) is 4.07. The van der Waals surface area contributed by atoms with Gasteiger partial charge in [0.25, 0.3) is 5.91 Å². The lowest BCUT2D eigenvalue weighted by Gasteiger charge is -2.33. The normalized spacial score (nSPS) is 16.1. The van der Waals surface area contributed by atoms with Crippen molar-refractivity contribution in [3.05, 3.63) is 59.5 Å². The van der Waals surface area contributed by atoms with Crippen molar-refractivity contribution < 1.29 is 9.32 Å². The van der Waals surface area contributed by atoms with Gasteiger partial charge in [-0.3, -0.25) is 9.69 Å². The largest absolute Gasteiger partial charge is 0.361 e. The van der Waals surface area contributed by atoms with E-state index in [0.717, 1.165) is 32.7 Å². The van der Waals surface area contributed by atoms with E-state index in [0.29, 0.717) is 11.5 Å². The van der Waals surface area contributed by atoms with Crippen LogP contribution < -0.4 is 0 Å². The van der Waals surface area contributed by atoms with E-state index in [2.05, 4.69) is 34.3 Å². The van der Waals surface area contributed by atoms with Gasteiger partial charge in [0.05, 0.1) is 0 Å². The van der Waals surface area contributed by atoms with E-state index in [9.17, 15) is 4.79 Å². The van der Waals surface area contributed by atoms with Gasteiger partial charge in [-0.05, 0) is 12.5 Å². The van der Waals surface area contributed by atoms with Crippen LogP contribution in [-0.4, -0.2) is 53.6 Å². The molecule has 1 fully saturated rings. The van der Waals surface area contributed by atoms with Crippen LogP contribution in [0.2, 0.25) is 0 Å². The Morgan fingerprint density at radius 1 is 1.22 bits per heavy atom. The number of carbonyl (C=O) groups excluding carboxylic acids is 1. The number of amides is 1. The van der Waals surface area contributed by atoms with Gasteiger partial charge >= 0.3 is 0 Å². The Balaban J connectivity index is 1.47. The first-order valence-corrected chi connectivity index (χ1v) is 7.89. The number of rotatable bonds is 4. The zero-order valence-electron chi connectivity index (χ0n) is 13.3. The standard InChI is InChI=1S/C18H21N3O2/c1-15-14-17(19-23-15)18(22)21-12-10-20(11-13-21)9-5-8-16-6-3-2-4-7-16/h2-8,14H,9-13H2,1H3. The maximum absolute atomic E-state index is 12.3.